The Morgan fingerprint density at radius 1 is 1.32 bits per heavy atom. The first-order valence-corrected chi connectivity index (χ1v) is 5.94. The minimum Gasteiger partial charge on any atom is -0.496 e. The van der Waals surface area contributed by atoms with Crippen molar-refractivity contribution in [3.05, 3.63) is 53.7 Å². The van der Waals surface area contributed by atoms with Gasteiger partial charge in [0.05, 0.1) is 18.7 Å². The van der Waals surface area contributed by atoms with Gasteiger partial charge in [-0.1, -0.05) is 18.2 Å². The molecule has 0 spiro atoms. The predicted octanol–water partition coefficient (Wildman–Crippen LogP) is 2.60. The standard InChI is InChI=1S/C15H15N3O/c1-18(15-9-12(10-16)7-8-17-15)11-13-5-3-4-6-14(13)19-2/h3-9H,11H2,1-2H3. The van der Waals surface area contributed by atoms with E-state index in [1.54, 1.807) is 25.4 Å². The monoisotopic (exact) mass is 253 g/mol. The van der Waals surface area contributed by atoms with Crippen LogP contribution in [0.25, 0.3) is 0 Å². The summed E-state index contributed by atoms with van der Waals surface area (Å²) in [5.74, 6) is 1.62. The number of hydrogen-bond donors (Lipinski definition) is 0. The van der Waals surface area contributed by atoms with Crippen LogP contribution in [0.2, 0.25) is 0 Å². The number of aromatic nitrogens is 1. The molecule has 0 aliphatic heterocycles. The van der Waals surface area contributed by atoms with Gasteiger partial charge in [0.2, 0.25) is 0 Å². The highest BCUT2D eigenvalue weighted by molar-refractivity contribution is 5.46. The first kappa shape index (κ1) is 12.9. The lowest BCUT2D eigenvalue weighted by molar-refractivity contribution is 0.409. The van der Waals surface area contributed by atoms with Crippen LogP contribution in [0, 0.1) is 11.3 Å². The maximum absolute atomic E-state index is 8.90. The van der Waals surface area contributed by atoms with Gasteiger partial charge in [0.15, 0.2) is 0 Å². The lowest BCUT2D eigenvalue weighted by atomic mass is 10.2. The van der Waals surface area contributed by atoms with E-state index in [1.165, 1.54) is 0 Å². The highest BCUT2D eigenvalue weighted by Crippen LogP contribution is 2.21. The first-order valence-electron chi connectivity index (χ1n) is 5.94. The highest BCUT2D eigenvalue weighted by Gasteiger charge is 2.08. The van der Waals surface area contributed by atoms with E-state index in [1.807, 2.05) is 36.2 Å². The van der Waals surface area contributed by atoms with Crippen LogP contribution in [0.4, 0.5) is 5.82 Å². The predicted molar refractivity (Wildman–Crippen MR) is 74.1 cm³/mol. The second-order valence-corrected chi connectivity index (χ2v) is 4.18. The average Bonchev–Trinajstić information content (AvgIpc) is 2.47. The van der Waals surface area contributed by atoms with E-state index in [9.17, 15) is 0 Å². The Balaban J connectivity index is 2.21. The number of para-hydroxylation sites is 1. The zero-order valence-electron chi connectivity index (χ0n) is 11.0. The zero-order valence-corrected chi connectivity index (χ0v) is 11.0. The smallest absolute Gasteiger partial charge is 0.129 e. The van der Waals surface area contributed by atoms with Gasteiger partial charge in [-0.2, -0.15) is 5.26 Å². The minimum atomic E-state index is 0.608. The van der Waals surface area contributed by atoms with Crippen molar-refractivity contribution in [3.8, 4) is 11.8 Å². The molecule has 2 aromatic rings. The van der Waals surface area contributed by atoms with Gasteiger partial charge in [-0.25, -0.2) is 4.98 Å². The molecule has 0 saturated carbocycles. The normalized spacial score (nSPS) is 9.74. The van der Waals surface area contributed by atoms with Crippen LogP contribution in [0.15, 0.2) is 42.6 Å². The maximum Gasteiger partial charge on any atom is 0.129 e. The Morgan fingerprint density at radius 2 is 2.11 bits per heavy atom. The van der Waals surface area contributed by atoms with Crippen molar-refractivity contribution in [2.24, 2.45) is 0 Å². The van der Waals surface area contributed by atoms with Crippen molar-refractivity contribution in [2.75, 3.05) is 19.1 Å². The number of nitrogens with zero attached hydrogens (tertiary/aromatic N) is 3. The Hall–Kier alpha value is -2.54. The Labute approximate surface area is 112 Å². The third-order valence-corrected chi connectivity index (χ3v) is 2.87. The van der Waals surface area contributed by atoms with Gasteiger partial charge in [-0.15, -0.1) is 0 Å². The summed E-state index contributed by atoms with van der Waals surface area (Å²) in [7, 11) is 3.60. The van der Waals surface area contributed by atoms with Crippen molar-refractivity contribution >= 4 is 5.82 Å². The molecular weight excluding hydrogens is 238 g/mol. The van der Waals surface area contributed by atoms with Gasteiger partial charge >= 0.3 is 0 Å². The third kappa shape index (κ3) is 3.02. The van der Waals surface area contributed by atoms with E-state index >= 15 is 0 Å². The molecule has 0 saturated heterocycles. The van der Waals surface area contributed by atoms with Crippen LogP contribution >= 0.6 is 0 Å². The summed E-state index contributed by atoms with van der Waals surface area (Å²) in [6.45, 7) is 0.673. The fourth-order valence-electron chi connectivity index (χ4n) is 1.87. The Kier molecular flexibility index (Phi) is 3.99. The molecule has 0 N–H and O–H groups in total. The van der Waals surface area contributed by atoms with Crippen molar-refractivity contribution < 1.29 is 4.74 Å². The molecule has 96 valence electrons. The molecule has 4 heteroatoms. The van der Waals surface area contributed by atoms with Gasteiger partial charge in [0, 0.05) is 25.4 Å². The number of anilines is 1. The number of nitriles is 1. The van der Waals surface area contributed by atoms with Crippen LogP contribution in [0.3, 0.4) is 0 Å². The summed E-state index contributed by atoms with van der Waals surface area (Å²) in [4.78, 5) is 6.26. The van der Waals surface area contributed by atoms with Crippen molar-refractivity contribution in [1.29, 1.82) is 5.26 Å². The molecular formula is C15H15N3O. The van der Waals surface area contributed by atoms with Crippen molar-refractivity contribution in [1.82, 2.24) is 4.98 Å². The molecule has 0 fully saturated rings. The molecule has 0 bridgehead atoms. The van der Waals surface area contributed by atoms with Crippen LogP contribution in [-0.4, -0.2) is 19.1 Å². The fraction of sp³-hybridized carbons (Fsp3) is 0.200. The topological polar surface area (TPSA) is 49.1 Å². The minimum absolute atomic E-state index is 0.608. The zero-order chi connectivity index (χ0) is 13.7. The summed E-state index contributed by atoms with van der Waals surface area (Å²) >= 11 is 0. The molecule has 1 aromatic heterocycles. The van der Waals surface area contributed by atoms with Crippen molar-refractivity contribution in [2.45, 2.75) is 6.54 Å². The summed E-state index contributed by atoms with van der Waals surface area (Å²) < 4.78 is 5.33. The van der Waals surface area contributed by atoms with Crippen LogP contribution < -0.4 is 9.64 Å². The molecule has 0 unspecified atom stereocenters. The van der Waals surface area contributed by atoms with Gasteiger partial charge in [-0.3, -0.25) is 0 Å². The molecule has 0 amide bonds. The van der Waals surface area contributed by atoms with Crippen LogP contribution in [0.5, 0.6) is 5.75 Å². The summed E-state index contributed by atoms with van der Waals surface area (Å²) in [5, 5.41) is 8.90. The number of hydrogen-bond acceptors (Lipinski definition) is 4. The largest absolute Gasteiger partial charge is 0.496 e. The SMILES string of the molecule is COc1ccccc1CN(C)c1cc(C#N)ccn1. The number of pyridine rings is 1. The summed E-state index contributed by atoms with van der Waals surface area (Å²) in [5.41, 5.74) is 1.69. The second kappa shape index (κ2) is 5.87. The third-order valence-electron chi connectivity index (χ3n) is 2.87. The second-order valence-electron chi connectivity index (χ2n) is 4.18. The summed E-state index contributed by atoms with van der Waals surface area (Å²) in [6.07, 6.45) is 1.65. The lowest BCUT2D eigenvalue weighted by Gasteiger charge is -2.19. The van der Waals surface area contributed by atoms with Gasteiger partial charge < -0.3 is 9.64 Å². The number of ether oxygens (including phenoxy) is 1. The lowest BCUT2D eigenvalue weighted by Crippen LogP contribution is -2.18. The van der Waals surface area contributed by atoms with Gasteiger partial charge in [-0.05, 0) is 18.2 Å². The molecule has 0 aliphatic rings. The fourth-order valence-corrected chi connectivity index (χ4v) is 1.87. The van der Waals surface area contributed by atoms with E-state index in [0.717, 1.165) is 17.1 Å². The number of rotatable bonds is 4. The Bertz CT molecular complexity index is 604. The van der Waals surface area contributed by atoms with E-state index < -0.39 is 0 Å². The molecule has 1 aromatic carbocycles. The summed E-state index contributed by atoms with van der Waals surface area (Å²) in [6, 6.07) is 13.5. The molecule has 19 heavy (non-hydrogen) atoms. The molecule has 0 atom stereocenters. The number of methoxy groups -OCH3 is 1. The van der Waals surface area contributed by atoms with E-state index in [-0.39, 0.29) is 0 Å². The molecule has 4 nitrogen and oxygen atoms in total. The quantitative estimate of drug-likeness (QED) is 0.840. The van der Waals surface area contributed by atoms with Crippen LogP contribution in [-0.2, 0) is 6.54 Å². The highest BCUT2D eigenvalue weighted by atomic mass is 16.5. The average molecular weight is 253 g/mol. The van der Waals surface area contributed by atoms with E-state index in [2.05, 4.69) is 11.1 Å². The number of benzene rings is 1. The molecule has 2 rings (SSSR count). The first-order chi connectivity index (χ1) is 9.24. The van der Waals surface area contributed by atoms with Crippen LogP contribution in [0.1, 0.15) is 11.1 Å². The van der Waals surface area contributed by atoms with Gasteiger partial charge in [0.1, 0.15) is 11.6 Å². The molecule has 0 aliphatic carbocycles. The molecule has 1 heterocycles. The maximum atomic E-state index is 8.90. The van der Waals surface area contributed by atoms with Crippen molar-refractivity contribution in [3.63, 3.8) is 0 Å². The molecule has 0 radical (unpaired) electrons. The van der Waals surface area contributed by atoms with E-state index in [4.69, 9.17) is 10.00 Å². The Morgan fingerprint density at radius 3 is 2.84 bits per heavy atom. The van der Waals surface area contributed by atoms with E-state index in [0.29, 0.717) is 12.1 Å². The van der Waals surface area contributed by atoms with Gasteiger partial charge in [0.25, 0.3) is 0 Å².